The van der Waals surface area contributed by atoms with E-state index in [1.165, 1.54) is 36.9 Å². The Labute approximate surface area is 236 Å². The smallest absolute Gasteiger partial charge is 0.459 e. The lowest BCUT2D eigenvalue weighted by molar-refractivity contribution is -0.225. The van der Waals surface area contributed by atoms with Crippen molar-refractivity contribution in [3.8, 4) is 11.6 Å². The molecule has 4 N–H and O–H groups in total. The molecule has 3 aromatic rings. The number of nitrogen functional groups attached to an aromatic ring is 1. The molecular formula is C25H36FN6O8P. The zero-order valence-electron chi connectivity index (χ0n) is 23.5. The number of aromatic nitrogens is 4. The van der Waals surface area contributed by atoms with Crippen LogP contribution in [0.4, 0.5) is 10.3 Å². The minimum Gasteiger partial charge on any atom is -0.476 e. The van der Waals surface area contributed by atoms with Gasteiger partial charge in [-0.3, -0.25) is 13.9 Å². The first-order valence-corrected chi connectivity index (χ1v) is 14.5. The number of aliphatic hydroxyl groups excluding tert-OH is 1. The number of imidazole rings is 1. The van der Waals surface area contributed by atoms with Crippen LogP contribution in [0, 0.1) is 0 Å². The molecule has 14 nitrogen and oxygen atoms in total. The lowest BCUT2D eigenvalue weighted by Crippen LogP contribution is -2.39. The topological polar surface area (TPSA) is 182 Å². The van der Waals surface area contributed by atoms with Crippen molar-refractivity contribution in [2.75, 3.05) is 25.6 Å². The lowest BCUT2D eigenvalue weighted by atomic mass is 10.2. The van der Waals surface area contributed by atoms with E-state index >= 15 is 4.39 Å². The van der Waals surface area contributed by atoms with Crippen molar-refractivity contribution in [1.82, 2.24) is 24.6 Å². The number of carbonyl (C=O) groups excluding carboxylic acids is 1. The summed E-state index contributed by atoms with van der Waals surface area (Å²) in [7, 11) is -4.38. The number of carbonyl (C=O) groups is 1. The van der Waals surface area contributed by atoms with Crippen molar-refractivity contribution in [1.29, 1.82) is 0 Å². The predicted octanol–water partition coefficient (Wildman–Crippen LogP) is 3.52. The van der Waals surface area contributed by atoms with Crippen LogP contribution < -0.4 is 20.1 Å². The normalized spacial score (nSPS) is 16.1. The number of esters is 1. The van der Waals surface area contributed by atoms with Crippen molar-refractivity contribution in [2.45, 2.75) is 65.3 Å². The van der Waals surface area contributed by atoms with Gasteiger partial charge in [0, 0.05) is 6.42 Å². The van der Waals surface area contributed by atoms with E-state index in [1.807, 2.05) is 0 Å². The summed E-state index contributed by atoms with van der Waals surface area (Å²) in [6.45, 7) is 6.64. The molecule has 1 aromatic carbocycles. The van der Waals surface area contributed by atoms with Gasteiger partial charge in [-0.2, -0.15) is 15.1 Å². The number of alkyl halides is 1. The Morgan fingerprint density at radius 1 is 1.22 bits per heavy atom. The van der Waals surface area contributed by atoms with Crippen LogP contribution in [-0.4, -0.2) is 68.4 Å². The largest absolute Gasteiger partial charge is 0.476 e. The maximum Gasteiger partial charge on any atom is 0.459 e. The minimum absolute atomic E-state index is 0.117. The van der Waals surface area contributed by atoms with E-state index in [9.17, 15) is 14.5 Å². The third-order valence-corrected chi connectivity index (χ3v) is 7.13. The van der Waals surface area contributed by atoms with Crippen molar-refractivity contribution >= 4 is 30.8 Å². The Morgan fingerprint density at radius 2 is 1.93 bits per heavy atom. The summed E-state index contributed by atoms with van der Waals surface area (Å²) < 4.78 is 58.4. The maximum absolute atomic E-state index is 16.1. The summed E-state index contributed by atoms with van der Waals surface area (Å²) in [5.41, 5.74) is 6.16. The molecule has 0 bridgehead atoms. The quantitative estimate of drug-likeness (QED) is 0.161. The molecule has 0 fully saturated rings. The van der Waals surface area contributed by atoms with Gasteiger partial charge in [-0.05, 0) is 39.8 Å². The third kappa shape index (κ3) is 8.57. The summed E-state index contributed by atoms with van der Waals surface area (Å²) in [5, 5.41) is 12.6. The van der Waals surface area contributed by atoms with Crippen LogP contribution in [0.25, 0.3) is 11.2 Å². The number of nitrogens with two attached hydrogens (primary N) is 1. The van der Waals surface area contributed by atoms with Crippen molar-refractivity contribution in [2.24, 2.45) is 0 Å². The van der Waals surface area contributed by atoms with Gasteiger partial charge in [-0.15, -0.1) is 0 Å². The van der Waals surface area contributed by atoms with Gasteiger partial charge in [0.15, 0.2) is 17.4 Å². The fourth-order valence-corrected chi connectivity index (χ4v) is 5.04. The highest BCUT2D eigenvalue weighted by Gasteiger charge is 2.40. The number of hydrogen-bond acceptors (Lipinski definition) is 12. The van der Waals surface area contributed by atoms with Gasteiger partial charge in [0.05, 0.1) is 25.6 Å². The number of nitrogens with one attached hydrogen (secondary N) is 1. The molecule has 1 unspecified atom stereocenters. The highest BCUT2D eigenvalue weighted by atomic mass is 31.2. The molecule has 0 spiro atoms. The Hall–Kier alpha value is -3.36. The van der Waals surface area contributed by atoms with Crippen LogP contribution in [-0.2, 0) is 23.4 Å². The summed E-state index contributed by atoms with van der Waals surface area (Å²) in [6.07, 6.45) is -0.784. The van der Waals surface area contributed by atoms with Gasteiger partial charge < -0.3 is 29.6 Å². The molecule has 41 heavy (non-hydrogen) atoms. The van der Waals surface area contributed by atoms with Crippen LogP contribution in [0.3, 0.4) is 0 Å². The molecule has 2 heterocycles. The number of aliphatic hydroxyl groups is 1. The van der Waals surface area contributed by atoms with E-state index in [1.54, 1.807) is 39.0 Å². The average Bonchev–Trinajstić information content (AvgIpc) is 3.35. The van der Waals surface area contributed by atoms with Crippen LogP contribution in [0.5, 0.6) is 11.6 Å². The van der Waals surface area contributed by atoms with E-state index in [0.29, 0.717) is 0 Å². The monoisotopic (exact) mass is 598 g/mol. The molecule has 2 aromatic heterocycles. The molecule has 16 heteroatoms. The summed E-state index contributed by atoms with van der Waals surface area (Å²) in [5.74, 6) is -3.16. The van der Waals surface area contributed by atoms with Gasteiger partial charge >= 0.3 is 13.7 Å². The number of benzene rings is 1. The number of halogens is 1. The Kier molecular flexibility index (Phi) is 11.0. The SMILES string of the molecule is CCOc1nc(N)nc2c1ncn2[C@@H](CO)O[C@@](F)(CC)COP(=O)(N[C@@H](C)C(=O)OC(C)C)Oc1ccccc1. The van der Waals surface area contributed by atoms with E-state index in [-0.39, 0.29) is 41.8 Å². The minimum atomic E-state index is -4.38. The van der Waals surface area contributed by atoms with Crippen molar-refractivity contribution in [3.05, 3.63) is 36.7 Å². The Balaban J connectivity index is 1.84. The van der Waals surface area contributed by atoms with Crippen molar-refractivity contribution in [3.63, 3.8) is 0 Å². The van der Waals surface area contributed by atoms with Crippen LogP contribution in [0.1, 0.15) is 47.3 Å². The van der Waals surface area contributed by atoms with E-state index in [2.05, 4.69) is 20.0 Å². The first kappa shape index (κ1) is 32.2. The first-order valence-electron chi connectivity index (χ1n) is 13.0. The molecule has 226 valence electrons. The molecule has 3 rings (SSSR count). The Bertz CT molecular complexity index is 1350. The second kappa shape index (κ2) is 14.0. The zero-order chi connectivity index (χ0) is 30.2. The zero-order valence-corrected chi connectivity index (χ0v) is 24.4. The standard InChI is InChI=1S/C25H36FN6O8P/c1-6-25(26,39-19(13-33)32-15-28-20-21(32)29-24(27)30-22(20)36-7-2)14-37-41(35,40-18-11-9-8-10-12-18)31-17(5)23(34)38-16(3)4/h8-12,15-17,19,33H,6-7,13-14H2,1-5H3,(H,31,35)(H2,27,29,30)/t17-,19+,25-,41?/m0/s1. The van der Waals surface area contributed by atoms with Crippen LogP contribution >= 0.6 is 7.75 Å². The molecule has 0 saturated heterocycles. The third-order valence-electron chi connectivity index (χ3n) is 5.51. The number of rotatable bonds is 16. The first-order chi connectivity index (χ1) is 19.4. The number of para-hydroxylation sites is 1. The molecule has 0 aliphatic heterocycles. The van der Waals surface area contributed by atoms with Crippen molar-refractivity contribution < 1.29 is 42.1 Å². The van der Waals surface area contributed by atoms with Gasteiger partial charge in [0.25, 0.3) is 0 Å². The maximum atomic E-state index is 16.1. The lowest BCUT2D eigenvalue weighted by Gasteiger charge is -2.31. The predicted molar refractivity (Wildman–Crippen MR) is 147 cm³/mol. The van der Waals surface area contributed by atoms with E-state index in [0.717, 1.165) is 0 Å². The van der Waals surface area contributed by atoms with Crippen LogP contribution in [0.15, 0.2) is 36.7 Å². The van der Waals surface area contributed by atoms with Gasteiger partial charge in [-0.25, -0.2) is 13.9 Å². The van der Waals surface area contributed by atoms with E-state index in [4.69, 9.17) is 29.0 Å². The number of fused-ring (bicyclic) bond motifs is 1. The fourth-order valence-electron chi connectivity index (χ4n) is 3.52. The molecule has 4 atom stereocenters. The highest BCUT2D eigenvalue weighted by Crippen LogP contribution is 2.46. The summed E-state index contributed by atoms with van der Waals surface area (Å²) in [4.78, 5) is 24.7. The molecule has 0 aliphatic rings. The number of ether oxygens (including phenoxy) is 3. The second-order valence-corrected chi connectivity index (χ2v) is 10.8. The Morgan fingerprint density at radius 3 is 2.54 bits per heavy atom. The number of hydrogen-bond donors (Lipinski definition) is 3. The number of anilines is 1. The molecule has 0 radical (unpaired) electrons. The summed E-state index contributed by atoms with van der Waals surface area (Å²) in [6, 6.07) is 6.90. The average molecular weight is 599 g/mol. The molecule has 0 amide bonds. The van der Waals surface area contributed by atoms with Gasteiger partial charge in [0.2, 0.25) is 17.7 Å². The number of nitrogens with zero attached hydrogens (tertiary/aromatic N) is 4. The fraction of sp³-hybridized carbons (Fsp3) is 0.520. The molecular weight excluding hydrogens is 562 g/mol. The van der Waals surface area contributed by atoms with Crippen LogP contribution in [0.2, 0.25) is 0 Å². The second-order valence-electron chi connectivity index (χ2n) is 9.15. The van der Waals surface area contributed by atoms with E-state index < -0.39 is 51.2 Å². The van der Waals surface area contributed by atoms with Gasteiger partial charge in [-0.1, -0.05) is 25.1 Å². The summed E-state index contributed by atoms with van der Waals surface area (Å²) >= 11 is 0. The molecule has 0 saturated carbocycles. The highest BCUT2D eigenvalue weighted by molar-refractivity contribution is 7.52. The molecule has 0 aliphatic carbocycles. The van der Waals surface area contributed by atoms with Gasteiger partial charge in [0.1, 0.15) is 18.4 Å².